The van der Waals surface area contributed by atoms with Gasteiger partial charge in [-0.3, -0.25) is 4.79 Å². The van der Waals surface area contributed by atoms with E-state index in [0.29, 0.717) is 12.0 Å². The summed E-state index contributed by atoms with van der Waals surface area (Å²) in [6.07, 6.45) is 4.68. The third-order valence-electron chi connectivity index (χ3n) is 4.22. The molecule has 0 unspecified atom stereocenters. The van der Waals surface area contributed by atoms with E-state index >= 15 is 0 Å². The molecule has 1 heterocycles. The second-order valence-electron chi connectivity index (χ2n) is 5.85. The molecular weight excluding hydrogens is 272 g/mol. The van der Waals surface area contributed by atoms with Crippen LogP contribution in [-0.2, 0) is 0 Å². The van der Waals surface area contributed by atoms with Crippen molar-refractivity contribution in [2.45, 2.75) is 44.6 Å². The molecule has 2 aliphatic rings. The molecule has 0 spiro atoms. The summed E-state index contributed by atoms with van der Waals surface area (Å²) in [4.78, 5) is 12.1. The molecule has 1 saturated heterocycles. The first-order valence-electron chi connectivity index (χ1n) is 7.36. The van der Waals surface area contributed by atoms with E-state index in [0.717, 1.165) is 37.1 Å². The van der Waals surface area contributed by atoms with Gasteiger partial charge in [0.2, 0.25) is 0 Å². The van der Waals surface area contributed by atoms with Gasteiger partial charge < -0.3 is 10.6 Å². The molecule has 3 nitrogen and oxygen atoms in total. The number of nitrogens with one attached hydrogen (secondary N) is 2. The Balaban J connectivity index is 0.00000147. The number of amides is 1. The molecule has 1 aliphatic carbocycles. The van der Waals surface area contributed by atoms with Crippen LogP contribution in [-0.4, -0.2) is 25.0 Å². The molecule has 2 fully saturated rings. The molecular formula is C16H23ClN2O. The molecule has 3 rings (SSSR count). The first-order chi connectivity index (χ1) is 9.24. The SMILES string of the molecule is Cc1cc(C2CCNCC2)ccc1C(=O)NC1CC1.Cl. The lowest BCUT2D eigenvalue weighted by Gasteiger charge is -2.23. The van der Waals surface area contributed by atoms with Crippen LogP contribution >= 0.6 is 12.4 Å². The number of rotatable bonds is 3. The number of benzene rings is 1. The van der Waals surface area contributed by atoms with Crippen LogP contribution < -0.4 is 10.6 Å². The minimum Gasteiger partial charge on any atom is -0.349 e. The van der Waals surface area contributed by atoms with E-state index in [1.807, 2.05) is 13.0 Å². The highest BCUT2D eigenvalue weighted by atomic mass is 35.5. The van der Waals surface area contributed by atoms with Gasteiger partial charge in [-0.2, -0.15) is 0 Å². The first-order valence-corrected chi connectivity index (χ1v) is 7.36. The van der Waals surface area contributed by atoms with Gasteiger partial charge in [-0.1, -0.05) is 12.1 Å². The van der Waals surface area contributed by atoms with E-state index in [1.165, 1.54) is 18.4 Å². The summed E-state index contributed by atoms with van der Waals surface area (Å²) in [5.41, 5.74) is 3.33. The van der Waals surface area contributed by atoms with Gasteiger partial charge in [0.05, 0.1) is 0 Å². The lowest BCUT2D eigenvalue weighted by atomic mass is 9.88. The quantitative estimate of drug-likeness (QED) is 0.900. The van der Waals surface area contributed by atoms with Crippen molar-refractivity contribution in [2.75, 3.05) is 13.1 Å². The fraction of sp³-hybridized carbons (Fsp3) is 0.562. The van der Waals surface area contributed by atoms with Crippen molar-refractivity contribution < 1.29 is 4.79 Å². The molecule has 4 heteroatoms. The molecule has 1 aliphatic heterocycles. The third-order valence-corrected chi connectivity index (χ3v) is 4.22. The van der Waals surface area contributed by atoms with Crippen molar-refractivity contribution in [1.82, 2.24) is 10.6 Å². The van der Waals surface area contributed by atoms with Crippen LogP contribution in [0.4, 0.5) is 0 Å². The molecule has 0 radical (unpaired) electrons. The third kappa shape index (κ3) is 3.53. The maximum absolute atomic E-state index is 12.1. The van der Waals surface area contributed by atoms with Crippen molar-refractivity contribution in [1.29, 1.82) is 0 Å². The van der Waals surface area contributed by atoms with Crippen LogP contribution in [0.2, 0.25) is 0 Å². The van der Waals surface area contributed by atoms with Gasteiger partial charge in [-0.15, -0.1) is 12.4 Å². The predicted octanol–water partition coefficient (Wildman–Crippen LogP) is 2.78. The maximum atomic E-state index is 12.1. The highest BCUT2D eigenvalue weighted by Gasteiger charge is 2.24. The Bertz CT molecular complexity index is 479. The number of carbonyl (C=O) groups is 1. The Labute approximate surface area is 126 Å². The monoisotopic (exact) mass is 294 g/mol. The molecule has 2 N–H and O–H groups in total. The molecule has 20 heavy (non-hydrogen) atoms. The highest BCUT2D eigenvalue weighted by molar-refractivity contribution is 5.96. The van der Waals surface area contributed by atoms with E-state index < -0.39 is 0 Å². The molecule has 0 atom stereocenters. The van der Waals surface area contributed by atoms with Crippen LogP contribution in [0.5, 0.6) is 0 Å². The minimum atomic E-state index is 0. The zero-order valence-electron chi connectivity index (χ0n) is 11.9. The van der Waals surface area contributed by atoms with Crippen molar-refractivity contribution in [3.8, 4) is 0 Å². The number of carbonyl (C=O) groups excluding carboxylic acids is 1. The van der Waals surface area contributed by atoms with E-state index in [4.69, 9.17) is 0 Å². The van der Waals surface area contributed by atoms with Gasteiger partial charge in [0.1, 0.15) is 0 Å². The number of hydrogen-bond donors (Lipinski definition) is 2. The number of aryl methyl sites for hydroxylation is 1. The molecule has 0 aromatic heterocycles. The van der Waals surface area contributed by atoms with Gasteiger partial charge in [0.15, 0.2) is 0 Å². The van der Waals surface area contributed by atoms with Crippen LogP contribution in [0, 0.1) is 6.92 Å². The molecule has 1 amide bonds. The standard InChI is InChI=1S/C16H22N2O.ClH/c1-11-10-13(12-6-8-17-9-7-12)2-5-15(11)16(19)18-14-3-4-14;/h2,5,10,12,14,17H,3-4,6-9H2,1H3,(H,18,19);1H. The molecule has 1 aromatic carbocycles. The summed E-state index contributed by atoms with van der Waals surface area (Å²) < 4.78 is 0. The van der Waals surface area contributed by atoms with Crippen LogP contribution in [0.25, 0.3) is 0 Å². The summed E-state index contributed by atoms with van der Waals surface area (Å²) in [6, 6.07) is 6.78. The molecule has 110 valence electrons. The van der Waals surface area contributed by atoms with Crippen LogP contribution in [0.15, 0.2) is 18.2 Å². The maximum Gasteiger partial charge on any atom is 0.251 e. The second-order valence-corrected chi connectivity index (χ2v) is 5.85. The predicted molar refractivity (Wildman–Crippen MR) is 83.8 cm³/mol. The fourth-order valence-corrected chi connectivity index (χ4v) is 2.84. The van der Waals surface area contributed by atoms with E-state index in [2.05, 4.69) is 22.8 Å². The van der Waals surface area contributed by atoms with Crippen LogP contribution in [0.1, 0.15) is 53.1 Å². The summed E-state index contributed by atoms with van der Waals surface area (Å²) >= 11 is 0. The van der Waals surface area contributed by atoms with Gasteiger partial charge in [0.25, 0.3) is 5.91 Å². The Morgan fingerprint density at radius 2 is 1.90 bits per heavy atom. The van der Waals surface area contributed by atoms with Crippen molar-refractivity contribution in [3.05, 3.63) is 34.9 Å². The second kappa shape index (κ2) is 6.59. The summed E-state index contributed by atoms with van der Waals surface area (Å²) in [5.74, 6) is 0.748. The fourth-order valence-electron chi connectivity index (χ4n) is 2.84. The zero-order chi connectivity index (χ0) is 13.2. The summed E-state index contributed by atoms with van der Waals surface area (Å²) in [7, 11) is 0. The van der Waals surface area contributed by atoms with E-state index in [-0.39, 0.29) is 18.3 Å². The molecule has 0 bridgehead atoms. The van der Waals surface area contributed by atoms with Gasteiger partial charge in [-0.05, 0) is 68.8 Å². The zero-order valence-corrected chi connectivity index (χ0v) is 12.8. The first kappa shape index (κ1) is 15.3. The lowest BCUT2D eigenvalue weighted by molar-refractivity contribution is 0.0950. The largest absolute Gasteiger partial charge is 0.349 e. The summed E-state index contributed by atoms with van der Waals surface area (Å²) in [6.45, 7) is 4.26. The minimum absolute atomic E-state index is 0. The van der Waals surface area contributed by atoms with Crippen molar-refractivity contribution >= 4 is 18.3 Å². The van der Waals surface area contributed by atoms with Crippen LogP contribution in [0.3, 0.4) is 0 Å². The number of halogens is 1. The van der Waals surface area contributed by atoms with Gasteiger partial charge in [0, 0.05) is 11.6 Å². The highest BCUT2D eigenvalue weighted by Crippen LogP contribution is 2.27. The molecule has 1 aromatic rings. The lowest BCUT2D eigenvalue weighted by Crippen LogP contribution is -2.27. The van der Waals surface area contributed by atoms with E-state index in [1.54, 1.807) is 0 Å². The van der Waals surface area contributed by atoms with E-state index in [9.17, 15) is 4.79 Å². The average molecular weight is 295 g/mol. The number of hydrogen-bond acceptors (Lipinski definition) is 2. The number of piperidine rings is 1. The Morgan fingerprint density at radius 3 is 2.50 bits per heavy atom. The van der Waals surface area contributed by atoms with Gasteiger partial charge in [-0.25, -0.2) is 0 Å². The Kier molecular flexibility index (Phi) is 5.06. The molecule has 1 saturated carbocycles. The Hall–Kier alpha value is -1.06. The van der Waals surface area contributed by atoms with Gasteiger partial charge >= 0.3 is 0 Å². The average Bonchev–Trinajstić information content (AvgIpc) is 3.23. The van der Waals surface area contributed by atoms with Crippen molar-refractivity contribution in [2.24, 2.45) is 0 Å². The smallest absolute Gasteiger partial charge is 0.251 e. The normalized spacial score (nSPS) is 19.2. The topological polar surface area (TPSA) is 41.1 Å². The summed E-state index contributed by atoms with van der Waals surface area (Å²) in [5, 5.41) is 6.45. The van der Waals surface area contributed by atoms with Crippen molar-refractivity contribution in [3.63, 3.8) is 0 Å². The Morgan fingerprint density at radius 1 is 1.20 bits per heavy atom.